The number of tetrazole rings is 1. The molecule has 0 fully saturated rings. The van der Waals surface area contributed by atoms with Crippen molar-refractivity contribution in [3.63, 3.8) is 0 Å². The van der Waals surface area contributed by atoms with E-state index < -0.39 is 17.5 Å². The van der Waals surface area contributed by atoms with Crippen molar-refractivity contribution in [3.05, 3.63) is 65.5 Å². The molecule has 10 heteroatoms. The minimum atomic E-state index is -0.557. The van der Waals surface area contributed by atoms with Crippen molar-refractivity contribution >= 4 is 17.5 Å². The predicted octanol–water partition coefficient (Wildman–Crippen LogP) is 1.40. The molecule has 27 heavy (non-hydrogen) atoms. The monoisotopic (exact) mass is 368 g/mol. The maximum Gasteiger partial charge on any atom is 0.354 e. The predicted molar refractivity (Wildman–Crippen MR) is 92.8 cm³/mol. The van der Waals surface area contributed by atoms with Crippen LogP contribution in [0.25, 0.3) is 5.76 Å². The van der Waals surface area contributed by atoms with Crippen LogP contribution in [0.3, 0.4) is 0 Å². The fourth-order valence-electron chi connectivity index (χ4n) is 2.36. The number of pyridine rings is 1. The van der Waals surface area contributed by atoms with Gasteiger partial charge in [-0.15, -0.1) is 10.2 Å². The Morgan fingerprint density at radius 3 is 2.89 bits per heavy atom. The van der Waals surface area contributed by atoms with E-state index in [1.807, 2.05) is 6.07 Å². The number of hydrogen-bond acceptors (Lipinski definition) is 8. The van der Waals surface area contributed by atoms with E-state index in [2.05, 4.69) is 25.6 Å². The van der Waals surface area contributed by atoms with Gasteiger partial charge < -0.3 is 14.4 Å². The lowest BCUT2D eigenvalue weighted by Gasteiger charge is -2.07. The van der Waals surface area contributed by atoms with Crippen molar-refractivity contribution in [1.82, 2.24) is 30.2 Å². The molecule has 3 heterocycles. The molecular formula is C17H16N6O4. The molecule has 3 rings (SSSR count). The molecule has 3 aromatic rings. The number of esters is 1. The van der Waals surface area contributed by atoms with Crippen LogP contribution in [0.2, 0.25) is 0 Å². The molecule has 0 unspecified atom stereocenters. The third-order valence-electron chi connectivity index (χ3n) is 3.57. The van der Waals surface area contributed by atoms with Gasteiger partial charge in [-0.2, -0.15) is 5.21 Å². The van der Waals surface area contributed by atoms with Crippen LogP contribution in [0.1, 0.15) is 39.3 Å². The molecule has 0 spiro atoms. The Morgan fingerprint density at radius 1 is 1.37 bits per heavy atom. The number of aromatic nitrogens is 6. The molecule has 3 aromatic heterocycles. The van der Waals surface area contributed by atoms with E-state index in [1.165, 1.54) is 12.3 Å². The Morgan fingerprint density at radius 2 is 2.22 bits per heavy atom. The molecule has 0 aliphatic heterocycles. The molecule has 0 amide bonds. The fourth-order valence-corrected chi connectivity index (χ4v) is 2.36. The molecule has 0 atom stereocenters. The second-order valence-electron chi connectivity index (χ2n) is 5.41. The van der Waals surface area contributed by atoms with Crippen molar-refractivity contribution < 1.29 is 19.4 Å². The van der Waals surface area contributed by atoms with Crippen molar-refractivity contribution in [3.8, 4) is 0 Å². The van der Waals surface area contributed by atoms with Gasteiger partial charge in [0.25, 0.3) is 0 Å². The highest BCUT2D eigenvalue weighted by atomic mass is 16.5. The van der Waals surface area contributed by atoms with Crippen molar-refractivity contribution in [2.45, 2.75) is 13.5 Å². The Bertz CT molecular complexity index is 963. The number of aliphatic hydroxyl groups is 1. The van der Waals surface area contributed by atoms with E-state index >= 15 is 0 Å². The summed E-state index contributed by atoms with van der Waals surface area (Å²) in [6.45, 7) is 2.18. The van der Waals surface area contributed by atoms with Gasteiger partial charge in [-0.05, 0) is 30.3 Å². The number of ketones is 1. The standard InChI is InChI=1S/C17H16N6O4/c1-2-27-17(26)13-7-11(9-23(13)10-12-5-3-4-6-18-12)14(24)8-15(25)16-19-21-22-20-16/h3-9,25H,2,10H2,1H3,(H,19,20,21,22). The Labute approximate surface area is 153 Å². The molecule has 0 saturated carbocycles. The first-order chi connectivity index (χ1) is 13.1. The quantitative estimate of drug-likeness (QED) is 0.276. The largest absolute Gasteiger partial charge is 0.504 e. The van der Waals surface area contributed by atoms with Gasteiger partial charge >= 0.3 is 5.97 Å². The number of carbonyl (C=O) groups excluding carboxylic acids is 2. The number of rotatable bonds is 7. The molecule has 0 saturated heterocycles. The average molecular weight is 368 g/mol. The van der Waals surface area contributed by atoms with Crippen molar-refractivity contribution in [2.75, 3.05) is 6.61 Å². The number of aromatic amines is 1. The summed E-state index contributed by atoms with van der Waals surface area (Å²) < 4.78 is 6.63. The minimum Gasteiger partial charge on any atom is -0.504 e. The summed E-state index contributed by atoms with van der Waals surface area (Å²) in [5, 5.41) is 22.6. The second-order valence-corrected chi connectivity index (χ2v) is 5.41. The summed E-state index contributed by atoms with van der Waals surface area (Å²) >= 11 is 0. The molecule has 0 bridgehead atoms. The third kappa shape index (κ3) is 4.24. The van der Waals surface area contributed by atoms with E-state index in [1.54, 1.807) is 29.8 Å². The van der Waals surface area contributed by atoms with Gasteiger partial charge in [0.15, 0.2) is 11.5 Å². The molecule has 10 nitrogen and oxygen atoms in total. The highest BCUT2D eigenvalue weighted by Gasteiger charge is 2.19. The van der Waals surface area contributed by atoms with Gasteiger partial charge in [-0.3, -0.25) is 9.78 Å². The average Bonchev–Trinajstić information content (AvgIpc) is 3.33. The number of allylic oxidation sites excluding steroid dienone is 1. The van der Waals surface area contributed by atoms with Gasteiger partial charge in [0.2, 0.25) is 5.82 Å². The lowest BCUT2D eigenvalue weighted by atomic mass is 10.2. The van der Waals surface area contributed by atoms with E-state index in [-0.39, 0.29) is 30.2 Å². The third-order valence-corrected chi connectivity index (χ3v) is 3.57. The molecule has 0 aromatic carbocycles. The fraction of sp³-hybridized carbons (Fsp3) is 0.176. The van der Waals surface area contributed by atoms with Crippen molar-refractivity contribution in [1.29, 1.82) is 0 Å². The minimum absolute atomic E-state index is 0.109. The van der Waals surface area contributed by atoms with Gasteiger partial charge in [0.1, 0.15) is 5.69 Å². The van der Waals surface area contributed by atoms with Gasteiger partial charge in [0.05, 0.1) is 18.8 Å². The normalized spacial score (nSPS) is 11.4. The highest BCUT2D eigenvalue weighted by molar-refractivity contribution is 6.08. The number of H-pyrrole nitrogens is 1. The Hall–Kier alpha value is -3.82. The van der Waals surface area contributed by atoms with Crippen LogP contribution in [-0.4, -0.2) is 53.6 Å². The smallest absolute Gasteiger partial charge is 0.354 e. The molecule has 0 radical (unpaired) electrons. The van der Waals surface area contributed by atoms with Crippen LogP contribution >= 0.6 is 0 Å². The number of nitrogens with one attached hydrogen (secondary N) is 1. The van der Waals surface area contributed by atoms with Crippen LogP contribution in [0, 0.1) is 0 Å². The van der Waals surface area contributed by atoms with Gasteiger partial charge in [0, 0.05) is 24.0 Å². The number of carbonyl (C=O) groups is 2. The lowest BCUT2D eigenvalue weighted by molar-refractivity contribution is 0.0514. The maximum absolute atomic E-state index is 12.4. The number of nitrogens with zero attached hydrogens (tertiary/aromatic N) is 5. The summed E-state index contributed by atoms with van der Waals surface area (Å²) in [7, 11) is 0. The zero-order valence-electron chi connectivity index (χ0n) is 14.4. The summed E-state index contributed by atoms with van der Waals surface area (Å²) in [6, 6.07) is 6.82. The summed E-state index contributed by atoms with van der Waals surface area (Å²) in [6.07, 6.45) is 4.10. The summed E-state index contributed by atoms with van der Waals surface area (Å²) in [5.74, 6) is -1.63. The Balaban J connectivity index is 1.91. The van der Waals surface area contributed by atoms with Crippen LogP contribution in [0.4, 0.5) is 0 Å². The first-order valence-electron chi connectivity index (χ1n) is 8.04. The zero-order chi connectivity index (χ0) is 19.2. The number of aliphatic hydroxyl groups excluding tert-OH is 1. The van der Waals surface area contributed by atoms with E-state index in [9.17, 15) is 14.7 Å². The number of ether oxygens (including phenoxy) is 1. The Kier molecular flexibility index (Phi) is 5.36. The molecule has 0 aliphatic carbocycles. The van der Waals surface area contributed by atoms with Crippen LogP contribution in [0.15, 0.2) is 42.7 Å². The highest BCUT2D eigenvalue weighted by Crippen LogP contribution is 2.15. The molecule has 2 N–H and O–H groups in total. The van der Waals surface area contributed by atoms with E-state index in [4.69, 9.17) is 4.74 Å². The zero-order valence-corrected chi connectivity index (χ0v) is 14.4. The molecule has 138 valence electrons. The van der Waals surface area contributed by atoms with Crippen LogP contribution in [0.5, 0.6) is 0 Å². The number of hydrogen-bond donors (Lipinski definition) is 2. The molecule has 0 aliphatic rings. The van der Waals surface area contributed by atoms with Gasteiger partial charge in [-0.1, -0.05) is 6.07 Å². The summed E-state index contributed by atoms with van der Waals surface area (Å²) in [5.41, 5.74) is 1.12. The first-order valence-corrected chi connectivity index (χ1v) is 8.04. The summed E-state index contributed by atoms with van der Waals surface area (Å²) in [4.78, 5) is 28.9. The van der Waals surface area contributed by atoms with Gasteiger partial charge in [-0.25, -0.2) is 4.79 Å². The van der Waals surface area contributed by atoms with Crippen LogP contribution in [-0.2, 0) is 11.3 Å². The van der Waals surface area contributed by atoms with E-state index in [0.717, 1.165) is 6.08 Å². The van der Waals surface area contributed by atoms with Crippen LogP contribution < -0.4 is 0 Å². The van der Waals surface area contributed by atoms with Crippen molar-refractivity contribution in [2.24, 2.45) is 0 Å². The second kappa shape index (κ2) is 8.04. The molecular weight excluding hydrogens is 352 g/mol. The SMILES string of the molecule is CCOC(=O)c1cc(C(=O)C=C(O)c2nn[nH]n2)cn1Cc1ccccn1. The van der Waals surface area contributed by atoms with E-state index in [0.29, 0.717) is 5.69 Å². The lowest BCUT2D eigenvalue weighted by Crippen LogP contribution is -2.12. The maximum atomic E-state index is 12.4. The first kappa shape index (κ1) is 18.0. The topological polar surface area (TPSA) is 136 Å².